The number of para-hydroxylation sites is 1. The molecule has 0 saturated heterocycles. The summed E-state index contributed by atoms with van der Waals surface area (Å²) in [5.74, 6) is -0.941. The maximum absolute atomic E-state index is 13.3. The SMILES string of the molecule is Fc1ccc(-c2nc(COc3cccc4cccnc34)no2)cc1F. The van der Waals surface area contributed by atoms with E-state index in [1.165, 1.54) is 6.07 Å². The second-order valence-electron chi connectivity index (χ2n) is 5.26. The van der Waals surface area contributed by atoms with Gasteiger partial charge in [0.25, 0.3) is 5.89 Å². The van der Waals surface area contributed by atoms with Gasteiger partial charge < -0.3 is 9.26 Å². The number of ether oxygens (including phenoxy) is 1. The molecule has 4 aromatic rings. The summed E-state index contributed by atoms with van der Waals surface area (Å²) in [5, 5.41) is 4.75. The van der Waals surface area contributed by atoms with Crippen molar-refractivity contribution in [2.24, 2.45) is 0 Å². The number of hydrogen-bond donors (Lipinski definition) is 0. The van der Waals surface area contributed by atoms with Crippen LogP contribution in [0.5, 0.6) is 5.75 Å². The first-order chi connectivity index (χ1) is 12.2. The van der Waals surface area contributed by atoms with Gasteiger partial charge in [0.1, 0.15) is 11.3 Å². The van der Waals surface area contributed by atoms with E-state index in [1.54, 1.807) is 12.3 Å². The van der Waals surface area contributed by atoms with Crippen LogP contribution in [0.15, 0.2) is 59.3 Å². The van der Waals surface area contributed by atoms with Gasteiger partial charge in [0.15, 0.2) is 18.2 Å². The van der Waals surface area contributed by atoms with Gasteiger partial charge in [-0.05, 0) is 30.3 Å². The van der Waals surface area contributed by atoms with Crippen molar-refractivity contribution in [3.05, 3.63) is 72.2 Å². The highest BCUT2D eigenvalue weighted by atomic mass is 19.2. The molecule has 5 nitrogen and oxygen atoms in total. The predicted octanol–water partition coefficient (Wildman–Crippen LogP) is 4.14. The summed E-state index contributed by atoms with van der Waals surface area (Å²) in [5.41, 5.74) is 1.03. The van der Waals surface area contributed by atoms with Gasteiger partial charge in [-0.25, -0.2) is 8.78 Å². The number of nitrogens with zero attached hydrogens (tertiary/aromatic N) is 3. The topological polar surface area (TPSA) is 61.0 Å². The lowest BCUT2D eigenvalue weighted by molar-refractivity contribution is 0.290. The maximum Gasteiger partial charge on any atom is 0.258 e. The highest BCUT2D eigenvalue weighted by Crippen LogP contribution is 2.24. The third-order valence-electron chi connectivity index (χ3n) is 3.59. The minimum atomic E-state index is -0.977. The smallest absolute Gasteiger partial charge is 0.258 e. The van der Waals surface area contributed by atoms with Crippen molar-refractivity contribution in [3.8, 4) is 17.2 Å². The van der Waals surface area contributed by atoms with Crippen LogP contribution in [0.3, 0.4) is 0 Å². The molecule has 0 saturated carbocycles. The molecule has 0 bridgehead atoms. The van der Waals surface area contributed by atoms with Crippen molar-refractivity contribution in [3.63, 3.8) is 0 Å². The Labute approximate surface area is 140 Å². The molecule has 25 heavy (non-hydrogen) atoms. The Kier molecular flexibility index (Phi) is 3.81. The molecule has 0 spiro atoms. The van der Waals surface area contributed by atoms with Crippen molar-refractivity contribution < 1.29 is 18.0 Å². The maximum atomic E-state index is 13.3. The van der Waals surface area contributed by atoms with Gasteiger partial charge in [-0.1, -0.05) is 23.4 Å². The fraction of sp³-hybridized carbons (Fsp3) is 0.0556. The van der Waals surface area contributed by atoms with Gasteiger partial charge in [-0.3, -0.25) is 4.98 Å². The lowest BCUT2D eigenvalue weighted by atomic mass is 10.2. The monoisotopic (exact) mass is 339 g/mol. The number of aromatic nitrogens is 3. The van der Waals surface area contributed by atoms with Gasteiger partial charge in [-0.15, -0.1) is 0 Å². The van der Waals surface area contributed by atoms with Crippen molar-refractivity contribution in [1.29, 1.82) is 0 Å². The van der Waals surface area contributed by atoms with E-state index in [4.69, 9.17) is 9.26 Å². The molecule has 0 N–H and O–H groups in total. The zero-order valence-corrected chi connectivity index (χ0v) is 12.8. The zero-order valence-electron chi connectivity index (χ0n) is 12.8. The van der Waals surface area contributed by atoms with E-state index >= 15 is 0 Å². The van der Waals surface area contributed by atoms with Gasteiger partial charge in [0.05, 0.1) is 0 Å². The first-order valence-corrected chi connectivity index (χ1v) is 7.45. The first-order valence-electron chi connectivity index (χ1n) is 7.45. The predicted molar refractivity (Wildman–Crippen MR) is 85.7 cm³/mol. The van der Waals surface area contributed by atoms with Crippen molar-refractivity contribution in [2.75, 3.05) is 0 Å². The summed E-state index contributed by atoms with van der Waals surface area (Å²) in [4.78, 5) is 8.43. The quantitative estimate of drug-likeness (QED) is 0.559. The molecule has 7 heteroatoms. The molecule has 2 aromatic heterocycles. The lowest BCUT2D eigenvalue weighted by Gasteiger charge is -2.06. The van der Waals surface area contributed by atoms with E-state index in [2.05, 4.69) is 15.1 Å². The number of benzene rings is 2. The first kappa shape index (κ1) is 15.2. The molecule has 0 radical (unpaired) electrons. The van der Waals surface area contributed by atoms with Gasteiger partial charge in [0.2, 0.25) is 5.82 Å². The number of fused-ring (bicyclic) bond motifs is 1. The molecule has 0 fully saturated rings. The van der Waals surface area contributed by atoms with Crippen LogP contribution in [0.2, 0.25) is 0 Å². The van der Waals surface area contributed by atoms with Gasteiger partial charge >= 0.3 is 0 Å². The number of rotatable bonds is 4. The standard InChI is InChI=1S/C18H11F2N3O2/c19-13-7-6-12(9-14(13)20)18-22-16(23-25-18)10-24-15-5-1-3-11-4-2-8-21-17(11)15/h1-9H,10H2. The van der Waals surface area contributed by atoms with Crippen molar-refractivity contribution >= 4 is 10.9 Å². The molecule has 2 aromatic carbocycles. The lowest BCUT2D eigenvalue weighted by Crippen LogP contribution is -1.98. The van der Waals surface area contributed by atoms with Crippen molar-refractivity contribution in [2.45, 2.75) is 6.61 Å². The highest BCUT2D eigenvalue weighted by Gasteiger charge is 2.12. The number of pyridine rings is 1. The van der Waals surface area contributed by atoms with E-state index < -0.39 is 11.6 Å². The van der Waals surface area contributed by atoms with E-state index in [9.17, 15) is 8.78 Å². The molecular weight excluding hydrogens is 328 g/mol. The normalized spacial score (nSPS) is 11.0. The highest BCUT2D eigenvalue weighted by molar-refractivity contribution is 5.84. The molecule has 0 unspecified atom stereocenters. The number of hydrogen-bond acceptors (Lipinski definition) is 5. The third-order valence-corrected chi connectivity index (χ3v) is 3.59. The molecule has 4 rings (SSSR count). The minimum Gasteiger partial charge on any atom is -0.483 e. The van der Waals surface area contributed by atoms with Crippen LogP contribution < -0.4 is 4.74 Å². The second kappa shape index (κ2) is 6.27. The molecule has 2 heterocycles. The third kappa shape index (κ3) is 3.03. The average molecular weight is 339 g/mol. The van der Waals surface area contributed by atoms with Crippen LogP contribution in [0.1, 0.15) is 5.82 Å². The Bertz CT molecular complexity index is 1040. The largest absolute Gasteiger partial charge is 0.483 e. The van der Waals surface area contributed by atoms with E-state index in [0.29, 0.717) is 11.3 Å². The Balaban J connectivity index is 1.54. The fourth-order valence-corrected chi connectivity index (χ4v) is 2.39. The molecule has 0 amide bonds. The van der Waals surface area contributed by atoms with Crippen LogP contribution in [-0.4, -0.2) is 15.1 Å². The minimum absolute atomic E-state index is 0.0584. The van der Waals surface area contributed by atoms with Gasteiger partial charge in [0, 0.05) is 17.1 Å². The summed E-state index contributed by atoms with van der Waals surface area (Å²) >= 11 is 0. The Hall–Kier alpha value is -3.35. The Morgan fingerprint density at radius 1 is 1.00 bits per heavy atom. The summed E-state index contributed by atoms with van der Waals surface area (Å²) in [6, 6.07) is 12.8. The van der Waals surface area contributed by atoms with E-state index in [-0.39, 0.29) is 18.3 Å². The zero-order chi connectivity index (χ0) is 17.2. The molecule has 0 aliphatic heterocycles. The molecular formula is C18H11F2N3O2. The Morgan fingerprint density at radius 3 is 2.76 bits per heavy atom. The van der Waals surface area contributed by atoms with Gasteiger partial charge in [-0.2, -0.15) is 4.98 Å². The van der Waals surface area contributed by atoms with E-state index in [1.807, 2.05) is 24.3 Å². The van der Waals surface area contributed by atoms with Crippen LogP contribution in [0.4, 0.5) is 8.78 Å². The summed E-state index contributed by atoms with van der Waals surface area (Å²) in [7, 11) is 0. The second-order valence-corrected chi connectivity index (χ2v) is 5.26. The molecule has 0 aliphatic carbocycles. The fourth-order valence-electron chi connectivity index (χ4n) is 2.39. The molecule has 0 aliphatic rings. The molecule has 124 valence electrons. The van der Waals surface area contributed by atoms with Crippen LogP contribution >= 0.6 is 0 Å². The van der Waals surface area contributed by atoms with Crippen molar-refractivity contribution in [1.82, 2.24) is 15.1 Å². The summed E-state index contributed by atoms with van der Waals surface area (Å²) in [6.45, 7) is 0.0584. The van der Waals surface area contributed by atoms with E-state index in [0.717, 1.165) is 23.0 Å². The van der Waals surface area contributed by atoms with Crippen LogP contribution in [-0.2, 0) is 6.61 Å². The summed E-state index contributed by atoms with van der Waals surface area (Å²) < 4.78 is 37.1. The average Bonchev–Trinajstić information content (AvgIpc) is 3.11. The Morgan fingerprint density at radius 2 is 1.88 bits per heavy atom. The summed E-state index contributed by atoms with van der Waals surface area (Å²) in [6.07, 6.45) is 1.69. The molecule has 0 atom stereocenters. The van der Waals surface area contributed by atoms with Crippen LogP contribution in [0, 0.1) is 11.6 Å². The number of halogens is 2. The van der Waals surface area contributed by atoms with Crippen LogP contribution in [0.25, 0.3) is 22.4 Å².